The molecule has 0 saturated heterocycles. The lowest BCUT2D eigenvalue weighted by Crippen LogP contribution is -2.38. The molecule has 0 N–H and O–H groups in total. The first-order chi connectivity index (χ1) is 13.2. The maximum Gasteiger partial charge on any atom is 0.231 e. The van der Waals surface area contributed by atoms with Gasteiger partial charge >= 0.3 is 0 Å². The summed E-state index contributed by atoms with van der Waals surface area (Å²) in [5.41, 5.74) is 3.63. The maximum atomic E-state index is 13.0. The molecule has 27 heavy (non-hydrogen) atoms. The first-order valence-electron chi connectivity index (χ1n) is 9.12. The molecule has 0 saturated carbocycles. The van der Waals surface area contributed by atoms with E-state index in [0.29, 0.717) is 24.9 Å². The van der Waals surface area contributed by atoms with Gasteiger partial charge in [-0.15, -0.1) is 0 Å². The molecule has 0 spiro atoms. The van der Waals surface area contributed by atoms with Gasteiger partial charge in [0.1, 0.15) is 0 Å². The second-order valence-electron chi connectivity index (χ2n) is 6.88. The van der Waals surface area contributed by atoms with E-state index in [0.717, 1.165) is 27.7 Å². The van der Waals surface area contributed by atoms with Crippen molar-refractivity contribution in [2.75, 3.05) is 11.4 Å². The van der Waals surface area contributed by atoms with Crippen LogP contribution in [0.1, 0.15) is 5.56 Å². The first-order valence-corrected chi connectivity index (χ1v) is 9.12. The van der Waals surface area contributed by atoms with E-state index < -0.39 is 0 Å². The summed E-state index contributed by atoms with van der Waals surface area (Å²) in [6, 6.07) is 23.1. The Morgan fingerprint density at radius 2 is 1.56 bits per heavy atom. The minimum absolute atomic E-state index is 0.0241. The van der Waals surface area contributed by atoms with Gasteiger partial charge in [0.05, 0.1) is 23.1 Å². The fourth-order valence-electron chi connectivity index (χ4n) is 4.06. The average Bonchev–Trinajstić information content (AvgIpc) is 2.72. The number of hydrogen-bond donors (Lipinski definition) is 0. The largest absolute Gasteiger partial charge is 0.337 e. The van der Waals surface area contributed by atoms with Gasteiger partial charge in [-0.3, -0.25) is 9.59 Å². The molecule has 1 aromatic heterocycles. The molecule has 132 valence electrons. The molecule has 5 rings (SSSR count). The molecule has 0 aliphatic carbocycles. The quantitative estimate of drug-likeness (QED) is 0.515. The Morgan fingerprint density at radius 1 is 0.815 bits per heavy atom. The number of hydrogen-bond acceptors (Lipinski definition) is 2. The van der Waals surface area contributed by atoms with Crippen molar-refractivity contribution in [1.82, 2.24) is 4.57 Å². The molecular formula is C23H18N2O2. The molecule has 4 heteroatoms. The Balaban J connectivity index is 1.69. The van der Waals surface area contributed by atoms with Crippen LogP contribution in [0.3, 0.4) is 0 Å². The number of amides is 1. The van der Waals surface area contributed by atoms with Crippen LogP contribution in [0.4, 0.5) is 5.69 Å². The Labute approximate surface area is 156 Å². The Hall–Kier alpha value is -3.40. The molecule has 0 atom stereocenters. The Morgan fingerprint density at radius 3 is 2.41 bits per heavy atom. The third-order valence-corrected chi connectivity index (χ3v) is 5.31. The van der Waals surface area contributed by atoms with Crippen LogP contribution in [0.15, 0.2) is 77.6 Å². The lowest BCUT2D eigenvalue weighted by Gasteiger charge is -2.31. The number of benzene rings is 3. The van der Waals surface area contributed by atoms with E-state index in [9.17, 15) is 9.59 Å². The van der Waals surface area contributed by atoms with E-state index in [-0.39, 0.29) is 11.3 Å². The number of anilines is 1. The smallest absolute Gasteiger partial charge is 0.231 e. The minimum atomic E-state index is 0.0241. The van der Waals surface area contributed by atoms with Gasteiger partial charge in [-0.05, 0) is 29.8 Å². The fourth-order valence-corrected chi connectivity index (χ4v) is 4.06. The Kier molecular flexibility index (Phi) is 3.57. The number of nitrogens with zero attached hydrogens (tertiary/aromatic N) is 2. The van der Waals surface area contributed by atoms with Crippen molar-refractivity contribution in [1.29, 1.82) is 0 Å². The molecular weight excluding hydrogens is 336 g/mol. The molecule has 1 aliphatic rings. The molecule has 0 bridgehead atoms. The van der Waals surface area contributed by atoms with Crippen LogP contribution in [0, 0.1) is 0 Å². The molecule has 1 amide bonds. The first kappa shape index (κ1) is 15.8. The standard InChI is InChI=1S/C23H18N2O2/c26-21(15-16-7-2-1-3-8-16)24-13-14-25-19-11-5-4-9-17(19)23(27)18-10-6-12-20(24)22(18)25/h1-12H,13-15H2. The summed E-state index contributed by atoms with van der Waals surface area (Å²) in [5.74, 6) is 0.0561. The molecule has 2 heterocycles. The van der Waals surface area contributed by atoms with Crippen LogP contribution in [-0.4, -0.2) is 17.0 Å². The van der Waals surface area contributed by atoms with E-state index in [1.807, 2.05) is 77.7 Å². The van der Waals surface area contributed by atoms with Gasteiger partial charge in [-0.1, -0.05) is 48.5 Å². The second kappa shape index (κ2) is 6.09. The topological polar surface area (TPSA) is 42.3 Å². The highest BCUT2D eigenvalue weighted by Gasteiger charge is 2.25. The van der Waals surface area contributed by atoms with Gasteiger partial charge in [0.2, 0.25) is 5.91 Å². The summed E-state index contributed by atoms with van der Waals surface area (Å²) in [6.45, 7) is 1.28. The summed E-state index contributed by atoms with van der Waals surface area (Å²) in [5, 5.41) is 1.40. The molecule has 4 aromatic rings. The molecule has 0 unspecified atom stereocenters. The summed E-state index contributed by atoms with van der Waals surface area (Å²) in [7, 11) is 0. The molecule has 4 nitrogen and oxygen atoms in total. The summed E-state index contributed by atoms with van der Waals surface area (Å²) >= 11 is 0. The van der Waals surface area contributed by atoms with E-state index in [1.54, 1.807) is 0 Å². The van der Waals surface area contributed by atoms with Crippen molar-refractivity contribution in [3.63, 3.8) is 0 Å². The van der Waals surface area contributed by atoms with Crippen molar-refractivity contribution in [2.45, 2.75) is 13.0 Å². The lowest BCUT2D eigenvalue weighted by atomic mass is 10.0. The Bertz CT molecular complexity index is 1240. The predicted octanol–water partition coefficient (Wildman–Crippen LogP) is 3.74. The number of para-hydroxylation sites is 2. The zero-order valence-electron chi connectivity index (χ0n) is 14.8. The fraction of sp³-hybridized carbons (Fsp3) is 0.130. The van der Waals surface area contributed by atoms with E-state index in [1.165, 1.54) is 0 Å². The normalized spacial score (nSPS) is 13.3. The van der Waals surface area contributed by atoms with E-state index in [2.05, 4.69) is 4.57 Å². The number of pyridine rings is 1. The highest BCUT2D eigenvalue weighted by atomic mass is 16.2. The minimum Gasteiger partial charge on any atom is -0.337 e. The van der Waals surface area contributed by atoms with Crippen molar-refractivity contribution in [2.24, 2.45) is 0 Å². The van der Waals surface area contributed by atoms with Crippen LogP contribution in [0.25, 0.3) is 21.8 Å². The van der Waals surface area contributed by atoms with E-state index >= 15 is 0 Å². The van der Waals surface area contributed by atoms with Gasteiger partial charge in [0.25, 0.3) is 0 Å². The zero-order valence-corrected chi connectivity index (χ0v) is 14.8. The van der Waals surface area contributed by atoms with Gasteiger partial charge in [-0.2, -0.15) is 0 Å². The van der Waals surface area contributed by atoms with Gasteiger partial charge in [0.15, 0.2) is 5.43 Å². The summed E-state index contributed by atoms with van der Waals surface area (Å²) in [6.07, 6.45) is 0.356. The molecule has 1 aliphatic heterocycles. The molecule has 0 fully saturated rings. The van der Waals surface area contributed by atoms with Gasteiger partial charge < -0.3 is 9.47 Å². The van der Waals surface area contributed by atoms with Gasteiger partial charge in [-0.25, -0.2) is 0 Å². The number of fused-ring (bicyclic) bond motifs is 2. The summed E-state index contributed by atoms with van der Waals surface area (Å²) in [4.78, 5) is 27.8. The highest BCUT2D eigenvalue weighted by molar-refractivity contribution is 6.06. The number of rotatable bonds is 2. The highest BCUT2D eigenvalue weighted by Crippen LogP contribution is 2.32. The molecule has 3 aromatic carbocycles. The van der Waals surface area contributed by atoms with Crippen molar-refractivity contribution in [3.8, 4) is 0 Å². The SMILES string of the molecule is O=C(Cc1ccccc1)N1CCn2c3ccccc3c(=O)c3cccc1c32. The monoisotopic (exact) mass is 354 g/mol. The van der Waals surface area contributed by atoms with Crippen molar-refractivity contribution < 1.29 is 4.79 Å². The maximum absolute atomic E-state index is 13.0. The number of carbonyl (C=O) groups excluding carboxylic acids is 1. The average molecular weight is 354 g/mol. The third kappa shape index (κ3) is 2.45. The number of carbonyl (C=O) groups is 1. The second-order valence-corrected chi connectivity index (χ2v) is 6.88. The van der Waals surface area contributed by atoms with Crippen molar-refractivity contribution >= 4 is 33.4 Å². The zero-order chi connectivity index (χ0) is 18.4. The van der Waals surface area contributed by atoms with E-state index in [4.69, 9.17) is 0 Å². The van der Waals surface area contributed by atoms with Crippen LogP contribution in [0.2, 0.25) is 0 Å². The van der Waals surface area contributed by atoms with Crippen LogP contribution < -0.4 is 10.3 Å². The van der Waals surface area contributed by atoms with Crippen LogP contribution in [0.5, 0.6) is 0 Å². The molecule has 0 radical (unpaired) electrons. The third-order valence-electron chi connectivity index (χ3n) is 5.31. The van der Waals surface area contributed by atoms with Crippen LogP contribution >= 0.6 is 0 Å². The number of aromatic nitrogens is 1. The van der Waals surface area contributed by atoms with Crippen molar-refractivity contribution in [3.05, 3.63) is 88.6 Å². The van der Waals surface area contributed by atoms with Crippen LogP contribution in [-0.2, 0) is 17.8 Å². The van der Waals surface area contributed by atoms with Gasteiger partial charge in [0, 0.05) is 23.9 Å². The predicted molar refractivity (Wildman–Crippen MR) is 108 cm³/mol. The summed E-state index contributed by atoms with van der Waals surface area (Å²) < 4.78 is 2.17. The lowest BCUT2D eigenvalue weighted by molar-refractivity contribution is -0.118.